The van der Waals surface area contributed by atoms with Gasteiger partial charge in [-0.15, -0.1) is 0 Å². The molecule has 4 rings (SSSR count). The van der Waals surface area contributed by atoms with Gasteiger partial charge in [0.1, 0.15) is 11.6 Å². The van der Waals surface area contributed by atoms with Crippen molar-refractivity contribution in [2.24, 2.45) is 0 Å². The Hall–Kier alpha value is -3.97. The molecule has 0 fully saturated rings. The number of aromatic amines is 1. The average Bonchev–Trinajstić information content (AvgIpc) is 3.25. The lowest BCUT2D eigenvalue weighted by Gasteiger charge is -2.14. The molecule has 0 aliphatic rings. The summed E-state index contributed by atoms with van der Waals surface area (Å²) in [5.41, 5.74) is 3.16. The maximum Gasteiger partial charge on any atom is 0.255 e. The first-order valence-electron chi connectivity index (χ1n) is 10.1. The second-order valence-electron chi connectivity index (χ2n) is 7.20. The molecular weight excluding hydrogens is 409 g/mol. The topological polar surface area (TPSA) is 87.2 Å². The number of methoxy groups -OCH3 is 1. The van der Waals surface area contributed by atoms with Crippen LogP contribution in [0.15, 0.2) is 66.7 Å². The molecular formula is C25H22FN3O3. The van der Waals surface area contributed by atoms with E-state index in [1.54, 1.807) is 48.6 Å². The van der Waals surface area contributed by atoms with E-state index in [2.05, 4.69) is 15.5 Å². The summed E-state index contributed by atoms with van der Waals surface area (Å²) in [6, 6.07) is 18.6. The number of halogens is 1. The number of nitrogens with zero attached hydrogens (tertiary/aromatic N) is 1. The molecule has 1 aromatic heterocycles. The second kappa shape index (κ2) is 9.45. The Balaban J connectivity index is 1.59. The number of hydrogen-bond acceptors (Lipinski definition) is 4. The lowest BCUT2D eigenvalue weighted by molar-refractivity contribution is 0.0913. The van der Waals surface area contributed by atoms with Gasteiger partial charge in [-0.2, -0.15) is 5.10 Å². The summed E-state index contributed by atoms with van der Waals surface area (Å²) in [4.78, 5) is 12.9. The number of benzene rings is 3. The highest BCUT2D eigenvalue weighted by Crippen LogP contribution is 2.32. The number of nitrogens with one attached hydrogen (secondary N) is 2. The molecule has 0 aliphatic heterocycles. The van der Waals surface area contributed by atoms with E-state index in [1.807, 2.05) is 18.2 Å². The predicted molar refractivity (Wildman–Crippen MR) is 122 cm³/mol. The molecule has 0 saturated heterocycles. The Bertz CT molecular complexity index is 1250. The number of fused-ring (bicyclic) bond motifs is 1. The van der Waals surface area contributed by atoms with Gasteiger partial charge in [-0.1, -0.05) is 48.5 Å². The van der Waals surface area contributed by atoms with Gasteiger partial charge in [-0.25, -0.2) is 4.39 Å². The van der Waals surface area contributed by atoms with E-state index < -0.39 is 6.10 Å². The molecule has 0 bridgehead atoms. The zero-order valence-corrected chi connectivity index (χ0v) is 17.4. The van der Waals surface area contributed by atoms with E-state index in [1.165, 1.54) is 19.2 Å². The number of hydrogen-bond donors (Lipinski definition) is 3. The second-order valence-corrected chi connectivity index (χ2v) is 7.20. The molecule has 0 saturated carbocycles. The maximum atomic E-state index is 13.1. The van der Waals surface area contributed by atoms with E-state index in [0.717, 1.165) is 11.1 Å². The monoisotopic (exact) mass is 431 g/mol. The van der Waals surface area contributed by atoms with E-state index in [9.17, 15) is 14.3 Å². The Morgan fingerprint density at radius 1 is 1.12 bits per heavy atom. The first-order valence-corrected chi connectivity index (χ1v) is 10.1. The average molecular weight is 431 g/mol. The van der Waals surface area contributed by atoms with Crippen LogP contribution in [0.5, 0.6) is 5.75 Å². The number of aliphatic hydroxyl groups excluding tert-OH is 1. The summed E-state index contributed by atoms with van der Waals surface area (Å²) in [7, 11) is 1.49. The lowest BCUT2D eigenvalue weighted by atomic mass is 10.1. The number of carbonyl (C=O) groups is 1. The Kier molecular flexibility index (Phi) is 6.28. The van der Waals surface area contributed by atoms with Crippen molar-refractivity contribution in [3.05, 3.63) is 94.9 Å². The van der Waals surface area contributed by atoms with Crippen molar-refractivity contribution in [1.82, 2.24) is 15.5 Å². The maximum absolute atomic E-state index is 13.1. The Labute approximate surface area is 184 Å². The fourth-order valence-electron chi connectivity index (χ4n) is 3.44. The summed E-state index contributed by atoms with van der Waals surface area (Å²) in [5.74, 6) is -0.294. The summed E-state index contributed by atoms with van der Waals surface area (Å²) < 4.78 is 18.7. The Morgan fingerprint density at radius 2 is 1.88 bits per heavy atom. The van der Waals surface area contributed by atoms with Crippen LogP contribution in [0.3, 0.4) is 0 Å². The van der Waals surface area contributed by atoms with Crippen molar-refractivity contribution in [1.29, 1.82) is 0 Å². The van der Waals surface area contributed by atoms with Crippen LogP contribution >= 0.6 is 0 Å². The summed E-state index contributed by atoms with van der Waals surface area (Å²) >= 11 is 0. The van der Waals surface area contributed by atoms with Gasteiger partial charge in [0.15, 0.2) is 0 Å². The summed E-state index contributed by atoms with van der Waals surface area (Å²) in [5, 5.41) is 21.0. The highest BCUT2D eigenvalue weighted by atomic mass is 19.1. The van der Waals surface area contributed by atoms with Crippen molar-refractivity contribution in [2.45, 2.75) is 6.10 Å². The zero-order valence-electron chi connectivity index (χ0n) is 17.4. The van der Waals surface area contributed by atoms with Crippen LogP contribution in [-0.2, 0) is 0 Å². The van der Waals surface area contributed by atoms with Crippen molar-refractivity contribution in [2.75, 3.05) is 13.7 Å². The zero-order chi connectivity index (χ0) is 22.5. The molecule has 1 heterocycles. The fraction of sp³-hybridized carbons (Fsp3) is 0.120. The van der Waals surface area contributed by atoms with Gasteiger partial charge in [0.25, 0.3) is 5.91 Å². The first-order chi connectivity index (χ1) is 15.6. The van der Waals surface area contributed by atoms with E-state index in [0.29, 0.717) is 27.9 Å². The van der Waals surface area contributed by atoms with Crippen LogP contribution < -0.4 is 10.1 Å². The third-order valence-corrected chi connectivity index (χ3v) is 5.10. The van der Waals surface area contributed by atoms with E-state index in [-0.39, 0.29) is 18.3 Å². The van der Waals surface area contributed by atoms with Crippen LogP contribution in [0.25, 0.3) is 23.1 Å². The smallest absolute Gasteiger partial charge is 0.255 e. The van der Waals surface area contributed by atoms with Crippen molar-refractivity contribution < 1.29 is 19.0 Å². The summed E-state index contributed by atoms with van der Waals surface area (Å²) in [6.45, 7) is 0.0623. The van der Waals surface area contributed by atoms with Crippen LogP contribution in [0.4, 0.5) is 4.39 Å². The molecule has 3 aromatic carbocycles. The highest BCUT2D eigenvalue weighted by Gasteiger charge is 2.19. The minimum atomic E-state index is -0.821. The van der Waals surface area contributed by atoms with E-state index >= 15 is 0 Å². The van der Waals surface area contributed by atoms with Gasteiger partial charge in [0, 0.05) is 6.54 Å². The molecule has 162 valence electrons. The molecule has 0 aliphatic carbocycles. The molecule has 0 spiro atoms. The van der Waals surface area contributed by atoms with Crippen LogP contribution in [0.2, 0.25) is 0 Å². The first kappa shape index (κ1) is 21.3. The number of amides is 1. The number of aromatic nitrogens is 2. The van der Waals surface area contributed by atoms with Crippen LogP contribution in [0.1, 0.15) is 33.3 Å². The molecule has 0 unspecified atom stereocenters. The molecule has 1 atom stereocenters. The summed E-state index contributed by atoms with van der Waals surface area (Å²) in [6.07, 6.45) is 2.75. The molecule has 4 aromatic rings. The van der Waals surface area contributed by atoms with Gasteiger partial charge in [0.05, 0.1) is 35.4 Å². The molecule has 32 heavy (non-hydrogen) atoms. The third-order valence-electron chi connectivity index (χ3n) is 5.10. The van der Waals surface area contributed by atoms with Crippen molar-refractivity contribution in [3.8, 4) is 5.75 Å². The Morgan fingerprint density at radius 3 is 2.59 bits per heavy atom. The van der Waals surface area contributed by atoms with Gasteiger partial charge < -0.3 is 15.2 Å². The molecule has 1 amide bonds. The largest absolute Gasteiger partial charge is 0.495 e. The van der Waals surface area contributed by atoms with Gasteiger partial charge >= 0.3 is 0 Å². The number of ether oxygens (including phenoxy) is 1. The van der Waals surface area contributed by atoms with Crippen LogP contribution in [0, 0.1) is 5.82 Å². The number of carbonyl (C=O) groups excluding carboxylic acids is 1. The fourth-order valence-corrected chi connectivity index (χ4v) is 3.44. The standard InChI is InChI=1S/C25H22FN3O3/c1-32-24-19(25(31)27-15-22(30)17-5-3-2-4-6-17)12-14-21-23(24)20(28-29-21)13-9-16-7-10-18(26)11-8-16/h2-14,22,30H,15H2,1H3,(H,27,31)(H,28,29)/b13-9+/t22-/m1/s1. The van der Waals surface area contributed by atoms with Crippen molar-refractivity contribution >= 4 is 29.0 Å². The highest BCUT2D eigenvalue weighted by molar-refractivity contribution is 6.05. The normalized spacial score (nSPS) is 12.2. The van der Waals surface area contributed by atoms with Gasteiger partial charge in [-0.05, 0) is 41.5 Å². The number of H-pyrrole nitrogens is 1. The van der Waals surface area contributed by atoms with Gasteiger partial charge in [-0.3, -0.25) is 9.89 Å². The molecule has 3 N–H and O–H groups in total. The minimum Gasteiger partial charge on any atom is -0.495 e. The molecule has 6 nitrogen and oxygen atoms in total. The van der Waals surface area contributed by atoms with Crippen molar-refractivity contribution in [3.63, 3.8) is 0 Å². The number of rotatable bonds is 7. The minimum absolute atomic E-state index is 0.0623. The van der Waals surface area contributed by atoms with Crippen LogP contribution in [-0.4, -0.2) is 34.9 Å². The molecule has 0 radical (unpaired) electrons. The lowest BCUT2D eigenvalue weighted by Crippen LogP contribution is -2.28. The van der Waals surface area contributed by atoms with Gasteiger partial charge in [0.2, 0.25) is 0 Å². The number of aliphatic hydroxyl groups is 1. The SMILES string of the molecule is COc1c(C(=O)NC[C@@H](O)c2ccccc2)ccc2[nH]nc(/C=C/c3ccc(F)cc3)c12. The quantitative estimate of drug-likeness (QED) is 0.406. The van der Waals surface area contributed by atoms with E-state index in [4.69, 9.17) is 4.74 Å². The molecule has 7 heteroatoms. The predicted octanol–water partition coefficient (Wildman–Crippen LogP) is 4.34. The third kappa shape index (κ3) is 4.53.